The van der Waals surface area contributed by atoms with Crippen LogP contribution < -0.4 is 5.32 Å². The van der Waals surface area contributed by atoms with Crippen LogP contribution in [0.3, 0.4) is 0 Å². The quantitative estimate of drug-likeness (QED) is 0.640. The molecule has 17 heavy (non-hydrogen) atoms. The molecule has 3 atom stereocenters. The van der Waals surface area contributed by atoms with Gasteiger partial charge in [-0.3, -0.25) is 9.00 Å². The lowest BCUT2D eigenvalue weighted by molar-refractivity contribution is -0.145. The van der Waals surface area contributed by atoms with E-state index in [9.17, 15) is 9.00 Å². The largest absolute Gasteiger partial charge is 0.465 e. The van der Waals surface area contributed by atoms with Gasteiger partial charge in [0.2, 0.25) is 0 Å². The highest BCUT2D eigenvalue weighted by atomic mass is 32.2. The molecule has 0 aromatic carbocycles. The van der Waals surface area contributed by atoms with Gasteiger partial charge in [-0.1, -0.05) is 20.3 Å². The SMILES string of the molecule is CCCC(NCCC(C)S(C)=O)C(=O)OCC. The third-order valence-corrected chi connectivity index (χ3v) is 4.03. The molecule has 0 heterocycles. The van der Waals surface area contributed by atoms with E-state index >= 15 is 0 Å². The summed E-state index contributed by atoms with van der Waals surface area (Å²) in [7, 11) is -0.799. The Labute approximate surface area is 107 Å². The van der Waals surface area contributed by atoms with Gasteiger partial charge in [-0.25, -0.2) is 0 Å². The predicted molar refractivity (Wildman–Crippen MR) is 71.5 cm³/mol. The first-order valence-electron chi connectivity index (χ1n) is 6.25. The molecule has 0 rings (SSSR count). The summed E-state index contributed by atoms with van der Waals surface area (Å²) >= 11 is 0. The minimum atomic E-state index is -0.799. The van der Waals surface area contributed by atoms with Gasteiger partial charge in [0.15, 0.2) is 0 Å². The second-order valence-electron chi connectivity index (χ2n) is 4.15. The van der Waals surface area contributed by atoms with Gasteiger partial charge in [-0.2, -0.15) is 0 Å². The zero-order valence-electron chi connectivity index (χ0n) is 11.3. The van der Waals surface area contributed by atoms with E-state index < -0.39 is 10.8 Å². The summed E-state index contributed by atoms with van der Waals surface area (Å²) < 4.78 is 16.2. The van der Waals surface area contributed by atoms with Gasteiger partial charge >= 0.3 is 5.97 Å². The van der Waals surface area contributed by atoms with Crippen molar-refractivity contribution in [2.24, 2.45) is 0 Å². The van der Waals surface area contributed by atoms with Gasteiger partial charge in [-0.05, 0) is 26.3 Å². The Balaban J connectivity index is 4.00. The van der Waals surface area contributed by atoms with Crippen LogP contribution in [0.15, 0.2) is 0 Å². The maximum absolute atomic E-state index is 11.6. The first-order chi connectivity index (χ1) is 8.02. The van der Waals surface area contributed by atoms with E-state index in [1.807, 2.05) is 20.8 Å². The molecule has 0 aliphatic heterocycles. The fourth-order valence-electron chi connectivity index (χ4n) is 1.46. The minimum absolute atomic E-state index is 0.159. The number of carbonyl (C=O) groups excluding carboxylic acids is 1. The molecule has 3 unspecified atom stereocenters. The summed E-state index contributed by atoms with van der Waals surface area (Å²) in [5, 5.41) is 3.34. The van der Waals surface area contributed by atoms with E-state index in [2.05, 4.69) is 5.32 Å². The zero-order valence-corrected chi connectivity index (χ0v) is 12.1. The molecule has 0 aromatic heterocycles. The van der Waals surface area contributed by atoms with Crippen LogP contribution in [0.5, 0.6) is 0 Å². The van der Waals surface area contributed by atoms with Crippen molar-refractivity contribution in [1.82, 2.24) is 5.32 Å². The van der Waals surface area contributed by atoms with Gasteiger partial charge in [-0.15, -0.1) is 0 Å². The van der Waals surface area contributed by atoms with Gasteiger partial charge in [0.1, 0.15) is 6.04 Å². The Morgan fingerprint density at radius 3 is 2.47 bits per heavy atom. The summed E-state index contributed by atoms with van der Waals surface area (Å²) in [4.78, 5) is 11.6. The third kappa shape index (κ3) is 7.49. The van der Waals surface area contributed by atoms with Crippen molar-refractivity contribution >= 4 is 16.8 Å². The molecule has 102 valence electrons. The number of esters is 1. The minimum Gasteiger partial charge on any atom is -0.465 e. The number of hydrogen-bond donors (Lipinski definition) is 1. The smallest absolute Gasteiger partial charge is 0.323 e. The third-order valence-electron chi connectivity index (χ3n) is 2.66. The maximum Gasteiger partial charge on any atom is 0.323 e. The topological polar surface area (TPSA) is 55.4 Å². The average molecular weight is 263 g/mol. The van der Waals surface area contributed by atoms with Gasteiger partial charge in [0.05, 0.1) is 6.61 Å². The standard InChI is InChI=1S/C12H25NO3S/c1-5-7-11(12(14)16-6-2)13-9-8-10(3)17(4)15/h10-11,13H,5-9H2,1-4H3. The number of ether oxygens (including phenoxy) is 1. The van der Waals surface area contributed by atoms with Gasteiger partial charge in [0, 0.05) is 22.3 Å². The van der Waals surface area contributed by atoms with Crippen LogP contribution in [-0.4, -0.2) is 40.9 Å². The fraction of sp³-hybridized carbons (Fsp3) is 0.917. The Kier molecular flexibility index (Phi) is 9.36. The number of nitrogens with one attached hydrogen (secondary N) is 1. The lowest BCUT2D eigenvalue weighted by Crippen LogP contribution is -2.39. The summed E-state index contributed by atoms with van der Waals surface area (Å²) in [6.07, 6.45) is 4.23. The lowest BCUT2D eigenvalue weighted by atomic mass is 10.1. The van der Waals surface area contributed by atoms with Crippen molar-refractivity contribution < 1.29 is 13.7 Å². The second kappa shape index (κ2) is 9.59. The Morgan fingerprint density at radius 1 is 1.35 bits per heavy atom. The molecular weight excluding hydrogens is 238 g/mol. The van der Waals surface area contributed by atoms with Gasteiger partial charge < -0.3 is 10.1 Å². The van der Waals surface area contributed by atoms with E-state index in [0.29, 0.717) is 13.2 Å². The summed E-state index contributed by atoms with van der Waals surface area (Å²) in [5.74, 6) is -0.181. The first kappa shape index (κ1) is 16.6. The molecule has 0 bridgehead atoms. The van der Waals surface area contributed by atoms with Crippen LogP contribution in [0, 0.1) is 0 Å². The molecule has 0 aliphatic carbocycles. The average Bonchev–Trinajstić information content (AvgIpc) is 2.27. The van der Waals surface area contributed by atoms with E-state index in [1.54, 1.807) is 6.26 Å². The summed E-state index contributed by atoms with van der Waals surface area (Å²) in [6, 6.07) is -0.225. The van der Waals surface area contributed by atoms with Crippen molar-refractivity contribution in [2.75, 3.05) is 19.4 Å². The van der Waals surface area contributed by atoms with Crippen molar-refractivity contribution in [3.05, 3.63) is 0 Å². The first-order valence-corrected chi connectivity index (χ1v) is 7.87. The van der Waals surface area contributed by atoms with Crippen LogP contribution in [0.4, 0.5) is 0 Å². The van der Waals surface area contributed by atoms with E-state index in [1.165, 1.54) is 0 Å². The summed E-state index contributed by atoms with van der Waals surface area (Å²) in [5.41, 5.74) is 0. The molecule has 0 fully saturated rings. The zero-order chi connectivity index (χ0) is 13.3. The monoisotopic (exact) mass is 263 g/mol. The molecule has 1 N–H and O–H groups in total. The molecule has 0 spiro atoms. The highest BCUT2D eigenvalue weighted by molar-refractivity contribution is 7.84. The molecule has 5 heteroatoms. The molecule has 4 nitrogen and oxygen atoms in total. The lowest BCUT2D eigenvalue weighted by Gasteiger charge is -2.17. The number of carbonyl (C=O) groups is 1. The van der Waals surface area contributed by atoms with Gasteiger partial charge in [0.25, 0.3) is 0 Å². The van der Waals surface area contributed by atoms with Crippen LogP contribution in [-0.2, 0) is 20.3 Å². The van der Waals surface area contributed by atoms with Crippen molar-refractivity contribution in [1.29, 1.82) is 0 Å². The second-order valence-corrected chi connectivity index (χ2v) is 5.95. The Hall–Kier alpha value is -0.420. The molecule has 0 aromatic rings. The van der Waals surface area contributed by atoms with Crippen LogP contribution in [0.1, 0.15) is 40.0 Å². The molecule has 0 radical (unpaired) electrons. The molecule has 0 aliphatic rings. The molecule has 0 amide bonds. The van der Waals surface area contributed by atoms with E-state index in [0.717, 1.165) is 19.3 Å². The van der Waals surface area contributed by atoms with Crippen LogP contribution in [0.25, 0.3) is 0 Å². The molecule has 0 saturated carbocycles. The Morgan fingerprint density at radius 2 is 2.00 bits per heavy atom. The number of rotatable bonds is 9. The van der Waals surface area contributed by atoms with E-state index in [-0.39, 0.29) is 17.3 Å². The highest BCUT2D eigenvalue weighted by Gasteiger charge is 2.18. The fourth-order valence-corrected chi connectivity index (χ4v) is 1.91. The van der Waals surface area contributed by atoms with Crippen molar-refractivity contribution in [2.45, 2.75) is 51.3 Å². The van der Waals surface area contributed by atoms with Crippen LogP contribution in [0.2, 0.25) is 0 Å². The Bertz CT molecular complexity index is 246. The van der Waals surface area contributed by atoms with Crippen molar-refractivity contribution in [3.8, 4) is 0 Å². The predicted octanol–water partition coefficient (Wildman–Crippen LogP) is 1.46. The molecular formula is C12H25NO3S. The van der Waals surface area contributed by atoms with E-state index in [4.69, 9.17) is 4.74 Å². The normalized spacial score (nSPS) is 16.2. The van der Waals surface area contributed by atoms with Crippen molar-refractivity contribution in [3.63, 3.8) is 0 Å². The summed E-state index contributed by atoms with van der Waals surface area (Å²) in [6.45, 7) is 6.91. The highest BCUT2D eigenvalue weighted by Crippen LogP contribution is 2.02. The molecule has 0 saturated heterocycles. The number of hydrogen-bond acceptors (Lipinski definition) is 4. The maximum atomic E-state index is 11.6. The van der Waals surface area contributed by atoms with Crippen LogP contribution >= 0.6 is 0 Å².